The standard InChI is InChI=1S/C78H72N2O2/c1-75(2,3)55-25-35-59(36-26-55)79(60-37-27-56(28-38-60)76(4,5)6)63-33-23-51-45-65-67(47-53(51)43-63)81-73-70(50-21-17-14-18-22-50)74-72(69(71(65)73)49-19-15-13-16-20-49)66-46-52-24-34-64(44-54(52)48-68(66)82-74)80(61-39-29-57(30-40-61)77(7,8)9)62-41-31-58(32-42-62)78(10,11)12/h13-48H,1-12H3. The van der Waals surface area contributed by atoms with Gasteiger partial charge >= 0.3 is 0 Å². The predicted octanol–water partition coefficient (Wildman–Crippen LogP) is 23.3. The van der Waals surface area contributed by atoms with Crippen molar-refractivity contribution < 1.29 is 8.83 Å². The van der Waals surface area contributed by atoms with Crippen LogP contribution in [0.3, 0.4) is 0 Å². The van der Waals surface area contributed by atoms with Crippen molar-refractivity contribution in [1.29, 1.82) is 0 Å². The predicted molar refractivity (Wildman–Crippen MR) is 351 cm³/mol. The van der Waals surface area contributed by atoms with Crippen LogP contribution in [0, 0.1) is 0 Å². The van der Waals surface area contributed by atoms with Crippen LogP contribution < -0.4 is 9.80 Å². The molecule has 13 aromatic rings. The average molecular weight is 1070 g/mol. The Morgan fingerprint density at radius 3 is 0.866 bits per heavy atom. The normalized spacial score (nSPS) is 12.6. The fourth-order valence-corrected chi connectivity index (χ4v) is 12.1. The molecule has 0 atom stereocenters. The third kappa shape index (κ3) is 9.38. The van der Waals surface area contributed by atoms with Crippen molar-refractivity contribution in [3.8, 4) is 22.3 Å². The van der Waals surface area contributed by atoms with E-state index in [4.69, 9.17) is 8.83 Å². The van der Waals surface area contributed by atoms with Gasteiger partial charge < -0.3 is 18.6 Å². The Balaban J connectivity index is 1.01. The minimum absolute atomic E-state index is 0.0396. The first-order valence-corrected chi connectivity index (χ1v) is 29.1. The molecule has 0 radical (unpaired) electrons. The zero-order valence-electron chi connectivity index (χ0n) is 49.5. The molecule has 4 nitrogen and oxygen atoms in total. The van der Waals surface area contributed by atoms with Crippen LogP contribution in [0.15, 0.2) is 227 Å². The van der Waals surface area contributed by atoms with Crippen LogP contribution in [0.2, 0.25) is 0 Å². The zero-order valence-corrected chi connectivity index (χ0v) is 49.5. The molecule has 2 heterocycles. The van der Waals surface area contributed by atoms with Crippen LogP contribution in [0.4, 0.5) is 34.1 Å². The molecular weight excluding hydrogens is 997 g/mol. The lowest BCUT2D eigenvalue weighted by Gasteiger charge is -2.28. The smallest absolute Gasteiger partial charge is 0.147 e. The van der Waals surface area contributed by atoms with Crippen LogP contribution in [-0.2, 0) is 21.7 Å². The van der Waals surface area contributed by atoms with Gasteiger partial charge in [-0.3, -0.25) is 0 Å². The molecule has 0 aliphatic rings. The summed E-state index contributed by atoms with van der Waals surface area (Å²) in [5, 5.41) is 8.72. The van der Waals surface area contributed by atoms with Gasteiger partial charge in [-0.05, 0) is 174 Å². The van der Waals surface area contributed by atoms with E-state index in [9.17, 15) is 0 Å². The van der Waals surface area contributed by atoms with Crippen molar-refractivity contribution in [2.75, 3.05) is 9.80 Å². The fraction of sp³-hybridized carbons (Fsp3) is 0.205. The largest absolute Gasteiger partial charge is 0.455 e. The van der Waals surface area contributed by atoms with E-state index in [1.165, 1.54) is 22.3 Å². The molecule has 82 heavy (non-hydrogen) atoms. The first-order chi connectivity index (χ1) is 39.2. The molecule has 2 aromatic heterocycles. The van der Waals surface area contributed by atoms with E-state index < -0.39 is 0 Å². The quantitative estimate of drug-likeness (QED) is 0.152. The minimum atomic E-state index is 0.0396. The summed E-state index contributed by atoms with van der Waals surface area (Å²) in [6.45, 7) is 27.2. The summed E-state index contributed by atoms with van der Waals surface area (Å²) >= 11 is 0. The van der Waals surface area contributed by atoms with E-state index in [-0.39, 0.29) is 21.7 Å². The first-order valence-electron chi connectivity index (χ1n) is 29.1. The van der Waals surface area contributed by atoms with Gasteiger partial charge in [-0.1, -0.05) is 204 Å². The van der Waals surface area contributed by atoms with Crippen molar-refractivity contribution in [2.45, 2.75) is 105 Å². The van der Waals surface area contributed by atoms with Crippen LogP contribution in [0.1, 0.15) is 105 Å². The molecule has 0 aliphatic carbocycles. The van der Waals surface area contributed by atoms with E-state index >= 15 is 0 Å². The van der Waals surface area contributed by atoms with Gasteiger partial charge in [0.2, 0.25) is 0 Å². The van der Waals surface area contributed by atoms with Crippen LogP contribution in [-0.4, -0.2) is 0 Å². The molecule has 13 rings (SSSR count). The summed E-state index contributed by atoms with van der Waals surface area (Å²) in [4.78, 5) is 4.75. The lowest BCUT2D eigenvalue weighted by atomic mass is 9.86. The van der Waals surface area contributed by atoms with Crippen LogP contribution >= 0.6 is 0 Å². The lowest BCUT2D eigenvalue weighted by molar-refractivity contribution is 0.590. The third-order valence-electron chi connectivity index (χ3n) is 16.8. The van der Waals surface area contributed by atoms with Crippen LogP contribution in [0.25, 0.3) is 87.7 Å². The number of benzene rings is 11. The highest BCUT2D eigenvalue weighted by Crippen LogP contribution is 2.52. The van der Waals surface area contributed by atoms with Gasteiger partial charge in [0.1, 0.15) is 22.3 Å². The van der Waals surface area contributed by atoms with E-state index in [0.717, 1.165) is 122 Å². The van der Waals surface area contributed by atoms with E-state index in [1.54, 1.807) is 0 Å². The molecule has 0 aliphatic heterocycles. The minimum Gasteiger partial charge on any atom is -0.455 e. The number of rotatable bonds is 8. The zero-order chi connectivity index (χ0) is 57.0. The highest BCUT2D eigenvalue weighted by Gasteiger charge is 2.28. The molecule has 0 amide bonds. The van der Waals surface area contributed by atoms with Gasteiger partial charge in [0.15, 0.2) is 0 Å². The first kappa shape index (κ1) is 52.5. The molecule has 0 spiro atoms. The molecule has 0 bridgehead atoms. The highest BCUT2D eigenvalue weighted by molar-refractivity contribution is 6.31. The molecular formula is C78H72N2O2. The Kier molecular flexibility index (Phi) is 12.4. The van der Waals surface area contributed by atoms with E-state index in [1.807, 2.05) is 0 Å². The van der Waals surface area contributed by atoms with Gasteiger partial charge in [-0.2, -0.15) is 0 Å². The Morgan fingerprint density at radius 2 is 0.561 bits per heavy atom. The maximum atomic E-state index is 7.35. The summed E-state index contributed by atoms with van der Waals surface area (Å²) in [7, 11) is 0. The monoisotopic (exact) mass is 1070 g/mol. The molecule has 406 valence electrons. The highest BCUT2D eigenvalue weighted by atomic mass is 16.3. The van der Waals surface area contributed by atoms with Crippen molar-refractivity contribution in [2.24, 2.45) is 0 Å². The van der Waals surface area contributed by atoms with Crippen molar-refractivity contribution in [1.82, 2.24) is 0 Å². The van der Waals surface area contributed by atoms with E-state index in [2.05, 4.69) is 311 Å². The van der Waals surface area contributed by atoms with Gasteiger partial charge in [0.25, 0.3) is 0 Å². The molecule has 0 unspecified atom stereocenters. The molecule has 0 fully saturated rings. The molecule has 0 saturated heterocycles. The molecule has 11 aromatic carbocycles. The summed E-state index contributed by atoms with van der Waals surface area (Å²) < 4.78 is 14.7. The van der Waals surface area contributed by atoms with Gasteiger partial charge in [0, 0.05) is 61.2 Å². The fourth-order valence-electron chi connectivity index (χ4n) is 12.1. The van der Waals surface area contributed by atoms with Gasteiger partial charge in [0.05, 0.1) is 5.56 Å². The lowest BCUT2D eigenvalue weighted by Crippen LogP contribution is -2.14. The number of hydrogen-bond donors (Lipinski definition) is 0. The van der Waals surface area contributed by atoms with Gasteiger partial charge in [-0.25, -0.2) is 0 Å². The molecule has 4 heteroatoms. The summed E-state index contributed by atoms with van der Waals surface area (Å²) in [6, 6.07) is 80.6. The number of fused-ring (bicyclic) bond motifs is 8. The average Bonchev–Trinajstić information content (AvgIpc) is 2.09. The Hall–Kier alpha value is -8.86. The summed E-state index contributed by atoms with van der Waals surface area (Å²) in [6.07, 6.45) is 0. The Morgan fingerprint density at radius 1 is 0.268 bits per heavy atom. The summed E-state index contributed by atoms with van der Waals surface area (Å²) in [5.74, 6) is 0. The number of hydrogen-bond acceptors (Lipinski definition) is 4. The number of anilines is 6. The molecule has 0 saturated carbocycles. The van der Waals surface area contributed by atoms with Gasteiger partial charge in [-0.15, -0.1) is 0 Å². The Bertz CT molecular complexity index is 4170. The second kappa shape index (κ2) is 19.4. The van der Waals surface area contributed by atoms with E-state index in [0.29, 0.717) is 0 Å². The van der Waals surface area contributed by atoms with Crippen molar-refractivity contribution in [3.05, 3.63) is 241 Å². The number of nitrogens with zero attached hydrogens (tertiary/aromatic N) is 2. The van der Waals surface area contributed by atoms with Crippen molar-refractivity contribution >= 4 is 99.5 Å². The third-order valence-corrected chi connectivity index (χ3v) is 16.8. The van der Waals surface area contributed by atoms with Crippen LogP contribution in [0.5, 0.6) is 0 Å². The maximum absolute atomic E-state index is 7.35. The molecule has 0 N–H and O–H groups in total. The maximum Gasteiger partial charge on any atom is 0.147 e. The Labute approximate surface area is 483 Å². The second-order valence-electron chi connectivity index (χ2n) is 26.7. The topological polar surface area (TPSA) is 32.8 Å². The second-order valence-corrected chi connectivity index (χ2v) is 26.7. The number of furan rings is 2. The SMILES string of the molecule is CC(C)(C)c1ccc(N(c2ccc(C(C)(C)C)cc2)c2ccc3cc4c(cc3c2)oc2c(-c3ccccc3)c3oc5cc6cc(N(c7ccc(C(C)(C)C)cc7)c7ccc(C(C)(C)C)cc7)ccc6cc5c3c(-c3ccccc3)c24)cc1. The summed E-state index contributed by atoms with van der Waals surface area (Å²) in [5.41, 5.74) is 19.4. The van der Waals surface area contributed by atoms with Crippen molar-refractivity contribution in [3.63, 3.8) is 0 Å².